The Hall–Kier alpha value is -7.16. The molecular formula is C55H40N2. The van der Waals surface area contributed by atoms with Crippen LogP contribution in [-0.4, -0.2) is 4.57 Å². The number of fused-ring (bicyclic) bond motifs is 7. The summed E-state index contributed by atoms with van der Waals surface area (Å²) in [7, 11) is 0. The zero-order valence-electron chi connectivity index (χ0n) is 32.0. The molecule has 11 rings (SSSR count). The monoisotopic (exact) mass is 728 g/mol. The first kappa shape index (κ1) is 33.2. The first-order valence-electron chi connectivity index (χ1n) is 19.9. The van der Waals surface area contributed by atoms with Crippen molar-refractivity contribution in [2.24, 2.45) is 0 Å². The highest BCUT2D eigenvalue weighted by Gasteiger charge is 2.37. The number of aromatic nitrogens is 1. The summed E-state index contributed by atoms with van der Waals surface area (Å²) in [5.74, 6) is 0. The summed E-state index contributed by atoms with van der Waals surface area (Å²) >= 11 is 0. The van der Waals surface area contributed by atoms with E-state index in [1.54, 1.807) is 0 Å². The number of hydrogen-bond acceptors (Lipinski definition) is 1. The van der Waals surface area contributed by atoms with Crippen LogP contribution in [0.3, 0.4) is 0 Å². The molecule has 57 heavy (non-hydrogen) atoms. The highest BCUT2D eigenvalue weighted by Crippen LogP contribution is 2.54. The van der Waals surface area contributed by atoms with Crippen LogP contribution in [0.15, 0.2) is 206 Å². The van der Waals surface area contributed by atoms with Crippen LogP contribution >= 0.6 is 0 Å². The van der Waals surface area contributed by atoms with Gasteiger partial charge in [0.15, 0.2) is 0 Å². The molecule has 2 heteroatoms. The summed E-state index contributed by atoms with van der Waals surface area (Å²) in [6.07, 6.45) is 0. The van der Waals surface area contributed by atoms with Crippen molar-refractivity contribution >= 4 is 49.6 Å². The molecule has 10 aromatic rings. The van der Waals surface area contributed by atoms with Gasteiger partial charge in [-0.3, -0.25) is 0 Å². The van der Waals surface area contributed by atoms with Gasteiger partial charge >= 0.3 is 0 Å². The van der Waals surface area contributed by atoms with E-state index in [0.29, 0.717) is 0 Å². The van der Waals surface area contributed by atoms with Crippen LogP contribution < -0.4 is 4.90 Å². The molecule has 0 aliphatic heterocycles. The van der Waals surface area contributed by atoms with Gasteiger partial charge < -0.3 is 9.47 Å². The van der Waals surface area contributed by atoms with Crippen molar-refractivity contribution in [3.8, 4) is 39.1 Å². The van der Waals surface area contributed by atoms with Gasteiger partial charge in [0, 0.05) is 38.8 Å². The average Bonchev–Trinajstić information content (AvgIpc) is 3.73. The Balaban J connectivity index is 1.00. The molecule has 0 saturated carbocycles. The van der Waals surface area contributed by atoms with Crippen molar-refractivity contribution in [1.29, 1.82) is 0 Å². The van der Waals surface area contributed by atoms with Crippen LogP contribution in [-0.2, 0) is 5.41 Å². The van der Waals surface area contributed by atoms with E-state index in [1.165, 1.54) is 82.8 Å². The van der Waals surface area contributed by atoms with Gasteiger partial charge in [-0.25, -0.2) is 0 Å². The second kappa shape index (κ2) is 13.0. The minimum atomic E-state index is -0.0962. The Morgan fingerprint density at radius 3 is 1.56 bits per heavy atom. The fourth-order valence-electron chi connectivity index (χ4n) is 9.42. The predicted octanol–water partition coefficient (Wildman–Crippen LogP) is 15.0. The lowest BCUT2D eigenvalue weighted by atomic mass is 9.82. The molecular weight excluding hydrogens is 689 g/mol. The van der Waals surface area contributed by atoms with Crippen molar-refractivity contribution < 1.29 is 0 Å². The summed E-state index contributed by atoms with van der Waals surface area (Å²) in [6, 6.07) is 75.5. The average molecular weight is 729 g/mol. The Morgan fingerprint density at radius 2 is 0.877 bits per heavy atom. The number of hydrogen-bond donors (Lipinski definition) is 0. The molecule has 270 valence electrons. The van der Waals surface area contributed by atoms with Gasteiger partial charge in [-0.1, -0.05) is 166 Å². The molecule has 0 fully saturated rings. The molecule has 2 nitrogen and oxygen atoms in total. The zero-order chi connectivity index (χ0) is 38.1. The van der Waals surface area contributed by atoms with Gasteiger partial charge in [0.05, 0.1) is 16.7 Å². The quantitative estimate of drug-likeness (QED) is 0.165. The second-order valence-corrected chi connectivity index (χ2v) is 15.7. The first-order valence-corrected chi connectivity index (χ1v) is 19.9. The summed E-state index contributed by atoms with van der Waals surface area (Å²) in [5.41, 5.74) is 17.1. The Bertz CT molecular complexity index is 3070. The highest BCUT2D eigenvalue weighted by molar-refractivity contribution is 6.09. The molecule has 0 bridgehead atoms. The Labute approximate surface area is 333 Å². The number of benzene rings is 9. The minimum absolute atomic E-state index is 0.0962. The minimum Gasteiger partial charge on any atom is -0.310 e. The van der Waals surface area contributed by atoms with E-state index >= 15 is 0 Å². The van der Waals surface area contributed by atoms with Gasteiger partial charge in [0.25, 0.3) is 0 Å². The molecule has 0 unspecified atom stereocenters. The van der Waals surface area contributed by atoms with Crippen molar-refractivity contribution in [2.45, 2.75) is 19.3 Å². The standard InChI is InChI=1S/C55H40N2/c1-55(2)49-20-8-5-18-48(49)54-50(55)21-12-24-53(54)56(42-35-29-40(30-36-42)45-19-11-14-39-13-3-4-15-44(39)45)41-31-25-37(26-32-41)38-27-33-43(34-28-38)57-51-22-9-6-16-46(51)47-17-7-10-23-52(47)57/h3-36H,1-2H3. The van der Waals surface area contributed by atoms with E-state index in [9.17, 15) is 0 Å². The number of nitrogens with zero attached hydrogens (tertiary/aromatic N) is 2. The predicted molar refractivity (Wildman–Crippen MR) is 241 cm³/mol. The van der Waals surface area contributed by atoms with E-state index in [4.69, 9.17) is 0 Å². The lowest BCUT2D eigenvalue weighted by Crippen LogP contribution is -2.16. The van der Waals surface area contributed by atoms with Crippen molar-refractivity contribution in [2.75, 3.05) is 4.90 Å². The third-order valence-corrected chi connectivity index (χ3v) is 12.2. The van der Waals surface area contributed by atoms with Gasteiger partial charge in [0.2, 0.25) is 0 Å². The molecule has 0 amide bonds. The molecule has 0 radical (unpaired) electrons. The van der Waals surface area contributed by atoms with Crippen LogP contribution in [0.1, 0.15) is 25.0 Å². The van der Waals surface area contributed by atoms with Crippen LogP contribution in [0.2, 0.25) is 0 Å². The Morgan fingerprint density at radius 1 is 0.386 bits per heavy atom. The fraction of sp³-hybridized carbons (Fsp3) is 0.0545. The van der Waals surface area contributed by atoms with Crippen molar-refractivity contribution in [3.05, 3.63) is 217 Å². The largest absolute Gasteiger partial charge is 0.310 e. The molecule has 1 aliphatic rings. The molecule has 1 aromatic heterocycles. The summed E-state index contributed by atoms with van der Waals surface area (Å²) in [4.78, 5) is 2.44. The highest BCUT2D eigenvalue weighted by atomic mass is 15.1. The van der Waals surface area contributed by atoms with Gasteiger partial charge in [0.1, 0.15) is 0 Å². The van der Waals surface area contributed by atoms with E-state index in [0.717, 1.165) is 17.1 Å². The summed E-state index contributed by atoms with van der Waals surface area (Å²) in [5, 5.41) is 5.07. The normalized spacial score (nSPS) is 12.9. The van der Waals surface area contributed by atoms with Crippen LogP contribution in [0.25, 0.3) is 71.6 Å². The Kier molecular flexibility index (Phi) is 7.55. The zero-order valence-corrected chi connectivity index (χ0v) is 32.0. The fourth-order valence-corrected chi connectivity index (χ4v) is 9.42. The smallest absolute Gasteiger partial charge is 0.0543 e. The molecule has 9 aromatic carbocycles. The van der Waals surface area contributed by atoms with Gasteiger partial charge in [-0.15, -0.1) is 0 Å². The van der Waals surface area contributed by atoms with E-state index in [2.05, 4.69) is 230 Å². The SMILES string of the molecule is CC1(C)c2ccccc2-c2c(N(c3ccc(-c4ccc(-n5c6ccccc6c6ccccc65)cc4)cc3)c3ccc(-c4cccc5ccccc45)cc3)cccc21. The maximum atomic E-state index is 2.44. The van der Waals surface area contributed by atoms with Crippen LogP contribution in [0.4, 0.5) is 17.1 Å². The van der Waals surface area contributed by atoms with E-state index in [1.807, 2.05) is 0 Å². The topological polar surface area (TPSA) is 8.17 Å². The molecule has 1 aliphatic carbocycles. The number of rotatable bonds is 6. The molecule has 0 atom stereocenters. The number of anilines is 3. The van der Waals surface area contributed by atoms with Gasteiger partial charge in [-0.2, -0.15) is 0 Å². The maximum Gasteiger partial charge on any atom is 0.0543 e. The lowest BCUT2D eigenvalue weighted by Gasteiger charge is -2.29. The third kappa shape index (κ3) is 5.25. The van der Waals surface area contributed by atoms with Crippen LogP contribution in [0.5, 0.6) is 0 Å². The van der Waals surface area contributed by atoms with Crippen molar-refractivity contribution in [1.82, 2.24) is 4.57 Å². The van der Waals surface area contributed by atoms with E-state index in [-0.39, 0.29) is 5.41 Å². The first-order chi connectivity index (χ1) is 28.0. The van der Waals surface area contributed by atoms with E-state index < -0.39 is 0 Å². The third-order valence-electron chi connectivity index (χ3n) is 12.2. The van der Waals surface area contributed by atoms with Crippen LogP contribution in [0, 0.1) is 0 Å². The van der Waals surface area contributed by atoms with Gasteiger partial charge in [-0.05, 0) is 104 Å². The summed E-state index contributed by atoms with van der Waals surface area (Å²) in [6.45, 7) is 4.71. The lowest BCUT2D eigenvalue weighted by molar-refractivity contribution is 0.660. The second-order valence-electron chi connectivity index (χ2n) is 15.7. The summed E-state index contributed by atoms with van der Waals surface area (Å²) < 4.78 is 2.37. The molecule has 0 spiro atoms. The van der Waals surface area contributed by atoms with Crippen molar-refractivity contribution in [3.63, 3.8) is 0 Å². The molecule has 1 heterocycles. The maximum absolute atomic E-state index is 2.44. The molecule has 0 N–H and O–H groups in total. The molecule has 0 saturated heterocycles. The number of para-hydroxylation sites is 2.